The Balaban J connectivity index is 0.000000980. The molecule has 8 N–H and O–H groups in total. The maximum absolute atomic E-state index is 15.9. The van der Waals surface area contributed by atoms with Gasteiger partial charge in [0.1, 0.15) is 28.6 Å². The average molecular weight is 748 g/mol. The standard InChI is InChI=1S/C33H33F2N5O6.C2HF3O2/c1-19(11-12-20-7-3-2-4-8-20)39-28-26(34)31(45-23-10-5-9-21(17-23)29(36)37)40-32(27(28)35)46-25-14-13-22(18-24(25)33(43)44)30(42)38-15-6-16-41;3-2(4,5)1(6)7/h2-5,7-10,13-14,17-19,41H,6,11-12,15-16H2,1H3,(H3,36,37)(H,38,42)(H,39,40)(H,43,44);(H,6,7). The summed E-state index contributed by atoms with van der Waals surface area (Å²) in [4.78, 5) is 37.3. The van der Waals surface area contributed by atoms with Crippen LogP contribution in [0, 0.1) is 17.0 Å². The van der Waals surface area contributed by atoms with Gasteiger partial charge in [-0.1, -0.05) is 42.5 Å². The van der Waals surface area contributed by atoms with Crippen LogP contribution in [0.1, 0.15) is 51.6 Å². The van der Waals surface area contributed by atoms with Gasteiger partial charge in [-0.3, -0.25) is 10.2 Å². The van der Waals surface area contributed by atoms with Crippen molar-refractivity contribution in [2.45, 2.75) is 38.4 Å². The minimum Gasteiger partial charge on any atom is -0.478 e. The number of aliphatic carboxylic acids is 1. The Hall–Kier alpha value is -6.30. The number of halogens is 5. The number of benzene rings is 3. The van der Waals surface area contributed by atoms with E-state index in [1.54, 1.807) is 13.0 Å². The fourth-order valence-electron chi connectivity index (χ4n) is 4.36. The number of nitrogen functional groups attached to an aromatic ring is 1. The van der Waals surface area contributed by atoms with Crippen molar-refractivity contribution in [3.8, 4) is 23.3 Å². The van der Waals surface area contributed by atoms with E-state index in [0.717, 1.165) is 17.7 Å². The number of amidine groups is 1. The lowest BCUT2D eigenvalue weighted by atomic mass is 10.1. The normalized spacial score (nSPS) is 11.4. The lowest BCUT2D eigenvalue weighted by Gasteiger charge is -2.19. The van der Waals surface area contributed by atoms with Gasteiger partial charge in [-0.05, 0) is 62.1 Å². The molecule has 0 saturated carbocycles. The second kappa shape index (κ2) is 18.8. The molecule has 1 amide bonds. The van der Waals surface area contributed by atoms with Crippen molar-refractivity contribution >= 4 is 29.4 Å². The number of carbonyl (C=O) groups excluding carboxylic acids is 1. The third-order valence-corrected chi connectivity index (χ3v) is 7.02. The van der Waals surface area contributed by atoms with Crippen molar-refractivity contribution in [3.05, 3.63) is 107 Å². The summed E-state index contributed by atoms with van der Waals surface area (Å²) >= 11 is 0. The summed E-state index contributed by atoms with van der Waals surface area (Å²) in [7, 11) is 0. The topological polar surface area (TPSA) is 217 Å². The number of rotatable bonds is 15. The van der Waals surface area contributed by atoms with Crippen LogP contribution < -0.4 is 25.8 Å². The quantitative estimate of drug-likeness (QED) is 0.0319. The molecule has 4 rings (SSSR count). The summed E-state index contributed by atoms with van der Waals surface area (Å²) < 4.78 is 74.7. The molecule has 0 aliphatic carbocycles. The van der Waals surface area contributed by atoms with Gasteiger partial charge in [0.15, 0.2) is 0 Å². The predicted octanol–water partition coefficient (Wildman–Crippen LogP) is 6.11. The number of nitrogens with one attached hydrogen (secondary N) is 3. The van der Waals surface area contributed by atoms with Crippen LogP contribution in [-0.4, -0.2) is 69.4 Å². The largest absolute Gasteiger partial charge is 0.490 e. The number of anilines is 1. The number of aromatic nitrogens is 1. The Morgan fingerprint density at radius 2 is 1.57 bits per heavy atom. The smallest absolute Gasteiger partial charge is 0.478 e. The van der Waals surface area contributed by atoms with Gasteiger partial charge in [-0.25, -0.2) is 9.59 Å². The number of hydrogen-bond acceptors (Lipinski definition) is 9. The SMILES string of the molecule is CC(CCc1ccccc1)Nc1c(F)c(Oc2cccc(C(=N)N)c2)nc(Oc2ccc(C(=O)NCCCO)cc2C(=O)O)c1F.O=C(O)C(F)(F)F. The zero-order valence-corrected chi connectivity index (χ0v) is 27.8. The Morgan fingerprint density at radius 3 is 2.15 bits per heavy atom. The van der Waals surface area contributed by atoms with E-state index in [2.05, 4.69) is 15.6 Å². The van der Waals surface area contributed by atoms with Crippen LogP contribution in [0.25, 0.3) is 0 Å². The van der Waals surface area contributed by atoms with Gasteiger partial charge < -0.3 is 41.2 Å². The van der Waals surface area contributed by atoms with Crippen molar-refractivity contribution in [3.63, 3.8) is 0 Å². The van der Waals surface area contributed by atoms with Crippen LogP contribution >= 0.6 is 0 Å². The number of aromatic carboxylic acids is 1. The van der Waals surface area contributed by atoms with Gasteiger partial charge in [0.05, 0.1) is 0 Å². The second-order valence-corrected chi connectivity index (χ2v) is 11.1. The molecule has 1 unspecified atom stereocenters. The molecule has 0 bridgehead atoms. The molecular weight excluding hydrogens is 713 g/mol. The molecule has 53 heavy (non-hydrogen) atoms. The molecule has 3 aromatic carbocycles. The van der Waals surface area contributed by atoms with Crippen molar-refractivity contribution in [2.75, 3.05) is 18.5 Å². The van der Waals surface area contributed by atoms with Gasteiger partial charge >= 0.3 is 18.1 Å². The first-order valence-corrected chi connectivity index (χ1v) is 15.6. The van der Waals surface area contributed by atoms with E-state index in [1.807, 2.05) is 30.3 Å². The van der Waals surface area contributed by atoms with Gasteiger partial charge in [-0.15, -0.1) is 0 Å². The molecule has 0 fully saturated rings. The van der Waals surface area contributed by atoms with E-state index in [1.165, 1.54) is 24.3 Å². The lowest BCUT2D eigenvalue weighted by molar-refractivity contribution is -0.192. The first-order chi connectivity index (χ1) is 25.0. The van der Waals surface area contributed by atoms with Crippen molar-refractivity contribution in [2.24, 2.45) is 5.73 Å². The van der Waals surface area contributed by atoms with Crippen molar-refractivity contribution in [1.82, 2.24) is 10.3 Å². The number of ether oxygens (including phenoxy) is 2. The highest BCUT2D eigenvalue weighted by atomic mass is 19.4. The minimum absolute atomic E-state index is 0.0146. The molecule has 0 spiro atoms. The van der Waals surface area contributed by atoms with E-state index in [-0.39, 0.29) is 41.6 Å². The van der Waals surface area contributed by atoms with Gasteiger partial charge in [0.25, 0.3) is 17.7 Å². The number of carbonyl (C=O) groups is 3. The number of aliphatic hydroxyl groups excluding tert-OH is 1. The van der Waals surface area contributed by atoms with E-state index < -0.39 is 64.7 Å². The Bertz CT molecular complexity index is 1930. The molecule has 1 aromatic heterocycles. The Morgan fingerprint density at radius 1 is 0.925 bits per heavy atom. The van der Waals surface area contributed by atoms with Crippen LogP contribution in [0.5, 0.6) is 23.3 Å². The summed E-state index contributed by atoms with van der Waals surface area (Å²) in [6.45, 7) is 1.77. The van der Waals surface area contributed by atoms with Crippen LogP contribution in [-0.2, 0) is 11.2 Å². The molecule has 1 atom stereocenters. The van der Waals surface area contributed by atoms with Gasteiger partial charge in [0, 0.05) is 30.3 Å². The summed E-state index contributed by atoms with van der Waals surface area (Å²) in [6, 6.07) is 18.5. The molecule has 282 valence electrons. The lowest BCUT2D eigenvalue weighted by Crippen LogP contribution is -2.25. The summed E-state index contributed by atoms with van der Waals surface area (Å²) in [5, 5.41) is 38.9. The Kier molecular flexibility index (Phi) is 14.6. The van der Waals surface area contributed by atoms with Crippen molar-refractivity contribution in [1.29, 1.82) is 5.41 Å². The number of aliphatic hydroxyl groups is 1. The molecule has 18 heteroatoms. The molecule has 0 aliphatic rings. The van der Waals surface area contributed by atoms with Crippen LogP contribution in [0.3, 0.4) is 0 Å². The van der Waals surface area contributed by atoms with E-state index in [4.69, 9.17) is 35.6 Å². The minimum atomic E-state index is -5.08. The number of carboxylic acids is 2. The molecule has 0 radical (unpaired) electrons. The van der Waals surface area contributed by atoms with Gasteiger partial charge in [0.2, 0.25) is 11.6 Å². The molecule has 0 saturated heterocycles. The number of nitrogens with two attached hydrogens (primary N) is 1. The molecule has 0 aliphatic heterocycles. The number of hydrogen-bond donors (Lipinski definition) is 7. The summed E-state index contributed by atoms with van der Waals surface area (Å²) in [5.41, 5.74) is 5.78. The Labute approximate surface area is 298 Å². The summed E-state index contributed by atoms with van der Waals surface area (Å²) in [5.74, 6) is -9.30. The maximum atomic E-state index is 15.9. The fraction of sp³-hybridized carbons (Fsp3) is 0.229. The molecule has 13 nitrogen and oxygen atoms in total. The highest BCUT2D eigenvalue weighted by molar-refractivity contribution is 5.99. The molecule has 1 heterocycles. The van der Waals surface area contributed by atoms with Crippen molar-refractivity contribution < 1.29 is 61.1 Å². The van der Waals surface area contributed by atoms with Crippen LogP contribution in [0.2, 0.25) is 0 Å². The number of pyridine rings is 1. The van der Waals surface area contributed by atoms with Gasteiger partial charge in [-0.2, -0.15) is 26.9 Å². The average Bonchev–Trinajstić information content (AvgIpc) is 3.11. The van der Waals surface area contributed by atoms with Crippen LogP contribution in [0.4, 0.5) is 27.6 Å². The fourth-order valence-corrected chi connectivity index (χ4v) is 4.36. The first-order valence-electron chi connectivity index (χ1n) is 15.6. The zero-order valence-electron chi connectivity index (χ0n) is 27.8. The highest BCUT2D eigenvalue weighted by Gasteiger charge is 2.38. The van der Waals surface area contributed by atoms with E-state index >= 15 is 8.78 Å². The first kappa shape index (κ1) is 41.1. The number of nitrogens with zero attached hydrogens (tertiary/aromatic N) is 1. The number of aryl methyl sites for hydroxylation is 1. The summed E-state index contributed by atoms with van der Waals surface area (Å²) in [6.07, 6.45) is -3.65. The predicted molar refractivity (Wildman–Crippen MR) is 181 cm³/mol. The monoisotopic (exact) mass is 747 g/mol. The van der Waals surface area contributed by atoms with E-state index in [0.29, 0.717) is 19.3 Å². The molecule has 4 aromatic rings. The number of amides is 1. The maximum Gasteiger partial charge on any atom is 0.490 e. The van der Waals surface area contributed by atoms with Crippen LogP contribution in [0.15, 0.2) is 72.8 Å². The molecular formula is C35H34F5N5O8. The number of alkyl halides is 3. The second-order valence-electron chi connectivity index (χ2n) is 11.1. The number of carboxylic acid groups (broad SMARTS) is 2. The zero-order chi connectivity index (χ0) is 39.3. The third-order valence-electron chi connectivity index (χ3n) is 7.02. The van der Waals surface area contributed by atoms with E-state index in [9.17, 15) is 27.9 Å². The third kappa shape index (κ3) is 12.2. The highest BCUT2D eigenvalue weighted by Crippen LogP contribution is 2.37.